The van der Waals surface area contributed by atoms with Crippen LogP contribution in [0.3, 0.4) is 0 Å². The monoisotopic (exact) mass is 287 g/mol. The summed E-state index contributed by atoms with van der Waals surface area (Å²) in [6.45, 7) is 1.85. The Labute approximate surface area is 123 Å². The largest absolute Gasteiger partial charge is 0.497 e. The van der Waals surface area contributed by atoms with Gasteiger partial charge in [-0.15, -0.1) is 0 Å². The van der Waals surface area contributed by atoms with Gasteiger partial charge in [0.2, 0.25) is 5.91 Å². The predicted molar refractivity (Wildman–Crippen MR) is 80.9 cm³/mol. The number of benzene rings is 2. The topological polar surface area (TPSA) is 38.3 Å². The highest BCUT2D eigenvalue weighted by Crippen LogP contribution is 2.18. The Morgan fingerprint density at radius 1 is 1.24 bits per heavy atom. The smallest absolute Gasteiger partial charge is 0.227 e. The van der Waals surface area contributed by atoms with Gasteiger partial charge in [0, 0.05) is 17.7 Å². The molecule has 1 unspecified atom stereocenters. The molecule has 110 valence electrons. The highest BCUT2D eigenvalue weighted by molar-refractivity contribution is 5.92. The minimum atomic E-state index is -0.271. The van der Waals surface area contributed by atoms with Crippen LogP contribution in [0.25, 0.3) is 0 Å². The molecule has 0 saturated carbocycles. The van der Waals surface area contributed by atoms with Gasteiger partial charge in [0.1, 0.15) is 11.6 Å². The summed E-state index contributed by atoms with van der Waals surface area (Å²) in [5.41, 5.74) is 1.63. The number of anilines is 1. The van der Waals surface area contributed by atoms with Crippen molar-refractivity contribution in [2.45, 2.75) is 13.3 Å². The molecule has 0 aliphatic carbocycles. The van der Waals surface area contributed by atoms with Crippen LogP contribution in [0.5, 0.6) is 5.75 Å². The summed E-state index contributed by atoms with van der Waals surface area (Å²) >= 11 is 0. The zero-order chi connectivity index (χ0) is 15.2. The fourth-order valence-electron chi connectivity index (χ4n) is 2.03. The quantitative estimate of drug-likeness (QED) is 0.911. The van der Waals surface area contributed by atoms with E-state index in [4.69, 9.17) is 4.74 Å². The molecule has 0 aliphatic rings. The Morgan fingerprint density at radius 2 is 1.95 bits per heavy atom. The molecule has 3 nitrogen and oxygen atoms in total. The lowest BCUT2D eigenvalue weighted by Crippen LogP contribution is -2.22. The van der Waals surface area contributed by atoms with Crippen LogP contribution in [0, 0.1) is 11.7 Å². The molecule has 2 aromatic rings. The van der Waals surface area contributed by atoms with E-state index in [1.165, 1.54) is 12.1 Å². The molecule has 2 aromatic carbocycles. The standard InChI is InChI=1S/C17H18FNO2/c1-12(10-13-6-8-14(18)9-7-13)17(20)19-15-4-3-5-16(11-15)21-2/h3-9,11-12H,10H2,1-2H3,(H,19,20). The van der Waals surface area contributed by atoms with Crippen LogP contribution in [0.1, 0.15) is 12.5 Å². The number of nitrogens with one attached hydrogen (secondary N) is 1. The van der Waals surface area contributed by atoms with Crippen LogP contribution < -0.4 is 10.1 Å². The molecule has 0 radical (unpaired) electrons. The lowest BCUT2D eigenvalue weighted by atomic mass is 10.0. The molecule has 0 aliphatic heterocycles. The molecule has 0 bridgehead atoms. The lowest BCUT2D eigenvalue weighted by Gasteiger charge is -2.13. The highest BCUT2D eigenvalue weighted by Gasteiger charge is 2.14. The van der Waals surface area contributed by atoms with Crippen LogP contribution in [-0.4, -0.2) is 13.0 Å². The average Bonchev–Trinajstić information content (AvgIpc) is 2.49. The first-order chi connectivity index (χ1) is 10.1. The van der Waals surface area contributed by atoms with Gasteiger partial charge in [-0.2, -0.15) is 0 Å². The van der Waals surface area contributed by atoms with E-state index in [0.29, 0.717) is 17.9 Å². The molecule has 0 fully saturated rings. The maximum atomic E-state index is 12.9. The van der Waals surface area contributed by atoms with Crippen molar-refractivity contribution in [1.82, 2.24) is 0 Å². The summed E-state index contributed by atoms with van der Waals surface area (Å²) < 4.78 is 18.0. The van der Waals surface area contributed by atoms with E-state index in [1.54, 1.807) is 25.3 Å². The third kappa shape index (κ3) is 4.31. The van der Waals surface area contributed by atoms with Crippen molar-refractivity contribution in [3.63, 3.8) is 0 Å². The summed E-state index contributed by atoms with van der Waals surface area (Å²) in [4.78, 5) is 12.2. The summed E-state index contributed by atoms with van der Waals surface area (Å²) in [5, 5.41) is 2.86. The second-order valence-corrected chi connectivity index (χ2v) is 4.95. The maximum absolute atomic E-state index is 12.9. The van der Waals surface area contributed by atoms with Crippen molar-refractivity contribution in [1.29, 1.82) is 0 Å². The van der Waals surface area contributed by atoms with Crippen molar-refractivity contribution in [3.8, 4) is 5.75 Å². The number of hydrogen-bond acceptors (Lipinski definition) is 2. The third-order valence-corrected chi connectivity index (χ3v) is 3.24. The zero-order valence-corrected chi connectivity index (χ0v) is 12.1. The van der Waals surface area contributed by atoms with Crippen molar-refractivity contribution in [2.75, 3.05) is 12.4 Å². The molecule has 1 N–H and O–H groups in total. The number of hydrogen-bond donors (Lipinski definition) is 1. The van der Waals surface area contributed by atoms with Crippen LogP contribution in [0.15, 0.2) is 48.5 Å². The Morgan fingerprint density at radius 3 is 2.62 bits per heavy atom. The number of ether oxygens (including phenoxy) is 1. The number of methoxy groups -OCH3 is 1. The van der Waals surface area contributed by atoms with Crippen LogP contribution in [0.4, 0.5) is 10.1 Å². The molecule has 1 atom stereocenters. The van der Waals surface area contributed by atoms with Gasteiger partial charge in [-0.3, -0.25) is 4.79 Å². The van der Waals surface area contributed by atoms with Crippen molar-refractivity contribution in [3.05, 3.63) is 59.9 Å². The number of halogens is 1. The second-order valence-electron chi connectivity index (χ2n) is 4.95. The molecule has 2 rings (SSSR count). The Kier molecular flexibility index (Phi) is 4.93. The summed E-state index contributed by atoms with van der Waals surface area (Å²) in [6.07, 6.45) is 0.566. The first-order valence-electron chi connectivity index (χ1n) is 6.78. The normalized spacial score (nSPS) is 11.8. The Hall–Kier alpha value is -2.36. The Bertz CT molecular complexity index is 610. The zero-order valence-electron chi connectivity index (χ0n) is 12.1. The molecule has 0 heterocycles. The Balaban J connectivity index is 1.97. The molecule has 21 heavy (non-hydrogen) atoms. The molecule has 1 amide bonds. The number of carbonyl (C=O) groups excluding carboxylic acids is 1. The lowest BCUT2D eigenvalue weighted by molar-refractivity contribution is -0.119. The van der Waals surface area contributed by atoms with Gasteiger partial charge in [-0.05, 0) is 36.2 Å². The summed E-state index contributed by atoms with van der Waals surface area (Å²) in [7, 11) is 1.58. The van der Waals surface area contributed by atoms with Crippen LogP contribution >= 0.6 is 0 Å². The van der Waals surface area contributed by atoms with E-state index in [2.05, 4.69) is 5.32 Å². The van der Waals surface area contributed by atoms with Gasteiger partial charge in [0.15, 0.2) is 0 Å². The van der Waals surface area contributed by atoms with E-state index in [-0.39, 0.29) is 17.6 Å². The number of amides is 1. The first-order valence-corrected chi connectivity index (χ1v) is 6.78. The first kappa shape index (κ1) is 15.0. The third-order valence-electron chi connectivity index (χ3n) is 3.24. The molecular weight excluding hydrogens is 269 g/mol. The van der Waals surface area contributed by atoms with Gasteiger partial charge >= 0.3 is 0 Å². The van der Waals surface area contributed by atoms with Gasteiger partial charge < -0.3 is 10.1 Å². The van der Waals surface area contributed by atoms with E-state index < -0.39 is 0 Å². The van der Waals surface area contributed by atoms with Crippen molar-refractivity contribution in [2.24, 2.45) is 5.92 Å². The van der Waals surface area contributed by atoms with E-state index in [1.807, 2.05) is 25.1 Å². The van der Waals surface area contributed by atoms with E-state index in [9.17, 15) is 9.18 Å². The van der Waals surface area contributed by atoms with E-state index >= 15 is 0 Å². The van der Waals surface area contributed by atoms with Gasteiger partial charge in [-0.25, -0.2) is 4.39 Å². The van der Waals surface area contributed by atoms with Crippen molar-refractivity contribution < 1.29 is 13.9 Å². The highest BCUT2D eigenvalue weighted by atomic mass is 19.1. The van der Waals surface area contributed by atoms with Gasteiger partial charge in [-0.1, -0.05) is 25.1 Å². The maximum Gasteiger partial charge on any atom is 0.227 e. The molecule has 0 spiro atoms. The number of rotatable bonds is 5. The van der Waals surface area contributed by atoms with Gasteiger partial charge in [0.05, 0.1) is 7.11 Å². The fraction of sp³-hybridized carbons (Fsp3) is 0.235. The molecular formula is C17H18FNO2. The average molecular weight is 287 g/mol. The van der Waals surface area contributed by atoms with E-state index in [0.717, 1.165) is 5.56 Å². The summed E-state index contributed by atoms with van der Waals surface area (Å²) in [6, 6.07) is 13.4. The van der Waals surface area contributed by atoms with Crippen molar-refractivity contribution >= 4 is 11.6 Å². The van der Waals surface area contributed by atoms with Crippen LogP contribution in [-0.2, 0) is 11.2 Å². The minimum Gasteiger partial charge on any atom is -0.497 e. The predicted octanol–water partition coefficient (Wildman–Crippen LogP) is 3.65. The molecule has 4 heteroatoms. The summed E-state index contributed by atoms with van der Waals surface area (Å²) in [5.74, 6) is 0.139. The minimum absolute atomic E-state index is 0.0763. The number of carbonyl (C=O) groups is 1. The fourth-order valence-corrected chi connectivity index (χ4v) is 2.03. The second kappa shape index (κ2) is 6.88. The molecule has 0 saturated heterocycles. The molecule has 0 aromatic heterocycles. The SMILES string of the molecule is COc1cccc(NC(=O)C(C)Cc2ccc(F)cc2)c1. The van der Waals surface area contributed by atoms with Gasteiger partial charge in [0.25, 0.3) is 0 Å². The van der Waals surface area contributed by atoms with Crippen LogP contribution in [0.2, 0.25) is 0 Å².